The van der Waals surface area contributed by atoms with Crippen LogP contribution in [0.1, 0.15) is 6.42 Å². The molecule has 0 fully saturated rings. The smallest absolute Gasteiger partial charge is 0.0466 e. The number of rotatable bonds is 5. The lowest BCUT2D eigenvalue weighted by molar-refractivity contribution is 0.942. The highest BCUT2D eigenvalue weighted by atomic mass is 32.2. The third-order valence-electron chi connectivity index (χ3n) is 1.75. The van der Waals surface area contributed by atoms with Crippen molar-refractivity contribution in [2.45, 2.75) is 6.42 Å². The maximum atomic E-state index is 5.42. The number of hydrogen-bond acceptors (Lipinski definition) is 3. The highest BCUT2D eigenvalue weighted by Gasteiger charge is 1.98. The second kappa shape index (κ2) is 5.89. The minimum absolute atomic E-state index is 0.773. The lowest BCUT2D eigenvalue weighted by Crippen LogP contribution is -2.09. The number of anilines is 1. The fraction of sp³-hybridized carbons (Fsp3) is 0.400. The first-order valence-electron chi connectivity index (χ1n) is 4.46. The topological polar surface area (TPSA) is 29.3 Å². The fourth-order valence-electron chi connectivity index (χ4n) is 0.997. The molecular weight excluding hydrogens is 180 g/mol. The van der Waals surface area contributed by atoms with Crippen molar-refractivity contribution in [2.24, 2.45) is 5.73 Å². The summed E-state index contributed by atoms with van der Waals surface area (Å²) in [6, 6.07) is 10.3. The van der Waals surface area contributed by atoms with Crippen LogP contribution >= 0.6 is 11.9 Å². The second-order valence-corrected chi connectivity index (χ2v) is 4.02. The van der Waals surface area contributed by atoms with Gasteiger partial charge in [0.1, 0.15) is 0 Å². The molecule has 2 nitrogen and oxygen atoms in total. The van der Waals surface area contributed by atoms with E-state index in [4.69, 9.17) is 5.73 Å². The number of benzene rings is 1. The van der Waals surface area contributed by atoms with Crippen LogP contribution in [0, 0.1) is 0 Å². The average Bonchev–Trinajstić information content (AvgIpc) is 2.19. The van der Waals surface area contributed by atoms with E-state index in [0.29, 0.717) is 0 Å². The summed E-state index contributed by atoms with van der Waals surface area (Å²) >= 11 is 1.81. The van der Waals surface area contributed by atoms with Crippen molar-refractivity contribution in [2.75, 3.05) is 23.7 Å². The van der Waals surface area contributed by atoms with Gasteiger partial charge in [-0.25, -0.2) is 0 Å². The van der Waals surface area contributed by atoms with E-state index in [2.05, 4.69) is 35.6 Å². The third-order valence-corrected chi connectivity index (χ3v) is 2.82. The van der Waals surface area contributed by atoms with Crippen molar-refractivity contribution in [3.63, 3.8) is 0 Å². The fourth-order valence-corrected chi connectivity index (χ4v) is 1.84. The number of para-hydroxylation sites is 1. The van der Waals surface area contributed by atoms with Gasteiger partial charge in [-0.1, -0.05) is 30.1 Å². The Morgan fingerprint density at radius 2 is 2.00 bits per heavy atom. The summed E-state index contributed by atoms with van der Waals surface area (Å²) in [5.41, 5.74) is 6.66. The van der Waals surface area contributed by atoms with Crippen LogP contribution in [-0.4, -0.2) is 19.3 Å². The van der Waals surface area contributed by atoms with Gasteiger partial charge in [0.05, 0.1) is 0 Å². The molecule has 0 saturated carbocycles. The first kappa shape index (κ1) is 10.4. The summed E-state index contributed by atoms with van der Waals surface area (Å²) in [4.78, 5) is 0. The summed E-state index contributed by atoms with van der Waals surface area (Å²) in [5.74, 6) is 1.09. The van der Waals surface area contributed by atoms with E-state index in [0.717, 1.165) is 18.7 Å². The van der Waals surface area contributed by atoms with Gasteiger partial charge in [-0.05, 0) is 25.1 Å². The monoisotopic (exact) mass is 196 g/mol. The average molecular weight is 196 g/mol. The van der Waals surface area contributed by atoms with E-state index in [1.165, 1.54) is 5.69 Å². The predicted octanol–water partition coefficient (Wildman–Crippen LogP) is 2.12. The molecule has 0 aliphatic heterocycles. The molecule has 0 heterocycles. The standard InChI is InChI=1S/C10H16N2S/c1-12(13-9-5-8-11)10-6-3-2-4-7-10/h2-4,6-7H,5,8-9,11H2,1H3. The van der Waals surface area contributed by atoms with E-state index in [1.54, 1.807) is 0 Å². The molecule has 13 heavy (non-hydrogen) atoms. The van der Waals surface area contributed by atoms with Gasteiger partial charge in [0.25, 0.3) is 0 Å². The molecule has 0 saturated heterocycles. The molecular formula is C10H16N2S. The summed E-state index contributed by atoms with van der Waals surface area (Å²) in [7, 11) is 2.08. The van der Waals surface area contributed by atoms with Crippen LogP contribution in [-0.2, 0) is 0 Å². The van der Waals surface area contributed by atoms with Crippen molar-refractivity contribution in [1.82, 2.24) is 0 Å². The molecule has 3 heteroatoms. The van der Waals surface area contributed by atoms with Crippen LogP contribution in [0.15, 0.2) is 30.3 Å². The van der Waals surface area contributed by atoms with Crippen molar-refractivity contribution in [3.8, 4) is 0 Å². The molecule has 0 atom stereocenters. The summed E-state index contributed by atoms with van der Waals surface area (Å²) in [6.45, 7) is 0.773. The Labute approximate surface area is 84.2 Å². The maximum Gasteiger partial charge on any atom is 0.0466 e. The zero-order valence-corrected chi connectivity index (χ0v) is 8.76. The Morgan fingerprint density at radius 1 is 1.31 bits per heavy atom. The molecule has 0 amide bonds. The van der Waals surface area contributed by atoms with E-state index in [1.807, 2.05) is 18.0 Å². The third kappa shape index (κ3) is 3.70. The van der Waals surface area contributed by atoms with Gasteiger partial charge in [-0.3, -0.25) is 0 Å². The van der Waals surface area contributed by atoms with Crippen LogP contribution in [0.25, 0.3) is 0 Å². The van der Waals surface area contributed by atoms with Gasteiger partial charge in [-0.15, -0.1) is 0 Å². The van der Waals surface area contributed by atoms with Crippen molar-refractivity contribution in [1.29, 1.82) is 0 Å². The molecule has 0 bridgehead atoms. The second-order valence-electron chi connectivity index (χ2n) is 2.81. The van der Waals surface area contributed by atoms with Crippen LogP contribution in [0.2, 0.25) is 0 Å². The minimum Gasteiger partial charge on any atom is -0.330 e. The summed E-state index contributed by atoms with van der Waals surface area (Å²) in [5, 5.41) is 0. The minimum atomic E-state index is 0.773. The van der Waals surface area contributed by atoms with E-state index in [-0.39, 0.29) is 0 Å². The van der Waals surface area contributed by atoms with Crippen molar-refractivity contribution in [3.05, 3.63) is 30.3 Å². The van der Waals surface area contributed by atoms with Crippen molar-refractivity contribution < 1.29 is 0 Å². The zero-order chi connectivity index (χ0) is 9.52. The van der Waals surface area contributed by atoms with E-state index >= 15 is 0 Å². The maximum absolute atomic E-state index is 5.42. The summed E-state index contributed by atoms with van der Waals surface area (Å²) in [6.07, 6.45) is 1.07. The molecule has 1 aromatic carbocycles. The molecule has 0 aliphatic rings. The molecule has 1 aromatic rings. The molecule has 0 unspecified atom stereocenters. The van der Waals surface area contributed by atoms with E-state index in [9.17, 15) is 0 Å². The van der Waals surface area contributed by atoms with Gasteiger partial charge in [0.2, 0.25) is 0 Å². The summed E-state index contributed by atoms with van der Waals surface area (Å²) < 4.78 is 2.18. The van der Waals surface area contributed by atoms with Crippen LogP contribution < -0.4 is 10.0 Å². The van der Waals surface area contributed by atoms with Gasteiger partial charge in [0.15, 0.2) is 0 Å². The Bertz CT molecular complexity index is 226. The normalized spacial score (nSPS) is 10.0. The van der Waals surface area contributed by atoms with Crippen LogP contribution in [0.3, 0.4) is 0 Å². The molecule has 0 spiro atoms. The molecule has 1 rings (SSSR count). The largest absolute Gasteiger partial charge is 0.330 e. The number of nitrogens with zero attached hydrogens (tertiary/aromatic N) is 1. The molecule has 0 radical (unpaired) electrons. The first-order chi connectivity index (χ1) is 6.34. The van der Waals surface area contributed by atoms with Gasteiger partial charge in [0, 0.05) is 18.5 Å². The highest BCUT2D eigenvalue weighted by molar-refractivity contribution is 8.00. The van der Waals surface area contributed by atoms with Gasteiger partial charge >= 0.3 is 0 Å². The molecule has 0 aromatic heterocycles. The Hall–Kier alpha value is -0.670. The van der Waals surface area contributed by atoms with Gasteiger partial charge in [-0.2, -0.15) is 0 Å². The zero-order valence-electron chi connectivity index (χ0n) is 7.94. The number of nitrogens with two attached hydrogens (primary N) is 1. The molecule has 2 N–H and O–H groups in total. The van der Waals surface area contributed by atoms with Crippen LogP contribution in [0.4, 0.5) is 5.69 Å². The number of hydrogen-bond donors (Lipinski definition) is 1. The van der Waals surface area contributed by atoms with Gasteiger partial charge < -0.3 is 10.0 Å². The quantitative estimate of drug-likeness (QED) is 0.578. The Morgan fingerprint density at radius 3 is 2.62 bits per heavy atom. The lowest BCUT2D eigenvalue weighted by atomic mass is 10.3. The highest BCUT2D eigenvalue weighted by Crippen LogP contribution is 2.19. The van der Waals surface area contributed by atoms with E-state index < -0.39 is 0 Å². The van der Waals surface area contributed by atoms with Crippen LogP contribution in [0.5, 0.6) is 0 Å². The Balaban J connectivity index is 2.35. The SMILES string of the molecule is CN(SCCCN)c1ccccc1. The predicted molar refractivity (Wildman–Crippen MR) is 61.0 cm³/mol. The molecule has 72 valence electrons. The van der Waals surface area contributed by atoms with Crippen molar-refractivity contribution >= 4 is 17.6 Å². The first-order valence-corrected chi connectivity index (χ1v) is 5.40. The Kier molecular flexibility index (Phi) is 4.72. The lowest BCUT2D eigenvalue weighted by Gasteiger charge is -2.17. The molecule has 0 aliphatic carbocycles.